The maximum Gasteiger partial charge on any atom is 0.276 e. The van der Waals surface area contributed by atoms with Crippen LogP contribution in [0, 0.1) is 10.1 Å². The summed E-state index contributed by atoms with van der Waals surface area (Å²) in [4.78, 5) is 25.1. The maximum atomic E-state index is 12.1. The average Bonchev–Trinajstić information content (AvgIpc) is 3.19. The SMILES string of the molecule is O=C(/C=C/c1ccccc1[N+](=O)[O-])NCc1ccccc1CN1CCCC1. The van der Waals surface area contributed by atoms with E-state index < -0.39 is 4.92 Å². The van der Waals surface area contributed by atoms with Gasteiger partial charge in [-0.1, -0.05) is 36.4 Å². The molecule has 1 saturated heterocycles. The molecule has 0 radical (unpaired) electrons. The van der Waals surface area contributed by atoms with Crippen LogP contribution in [0.25, 0.3) is 6.08 Å². The molecule has 1 heterocycles. The second-order valence-corrected chi connectivity index (χ2v) is 6.62. The molecule has 0 saturated carbocycles. The van der Waals surface area contributed by atoms with Crippen molar-refractivity contribution in [1.29, 1.82) is 0 Å². The highest BCUT2D eigenvalue weighted by Crippen LogP contribution is 2.19. The lowest BCUT2D eigenvalue weighted by Crippen LogP contribution is -2.23. The van der Waals surface area contributed by atoms with Crippen LogP contribution in [0.1, 0.15) is 29.5 Å². The van der Waals surface area contributed by atoms with Crippen molar-refractivity contribution in [2.45, 2.75) is 25.9 Å². The highest BCUT2D eigenvalue weighted by atomic mass is 16.6. The van der Waals surface area contributed by atoms with E-state index in [2.05, 4.69) is 16.3 Å². The Kier molecular flexibility index (Phi) is 6.33. The van der Waals surface area contributed by atoms with E-state index in [-0.39, 0.29) is 11.6 Å². The Hall–Kier alpha value is -2.99. The molecule has 1 aliphatic rings. The Morgan fingerprint density at radius 3 is 2.48 bits per heavy atom. The van der Waals surface area contributed by atoms with E-state index in [1.807, 2.05) is 18.2 Å². The summed E-state index contributed by atoms with van der Waals surface area (Å²) in [7, 11) is 0. The van der Waals surface area contributed by atoms with Gasteiger partial charge in [0.2, 0.25) is 5.91 Å². The van der Waals surface area contributed by atoms with Gasteiger partial charge in [0.1, 0.15) is 0 Å². The first-order valence-corrected chi connectivity index (χ1v) is 9.12. The Labute approximate surface area is 158 Å². The molecule has 0 bridgehead atoms. The Morgan fingerprint density at radius 2 is 1.74 bits per heavy atom. The number of likely N-dealkylation sites (tertiary alicyclic amines) is 1. The summed E-state index contributed by atoms with van der Waals surface area (Å²) < 4.78 is 0. The summed E-state index contributed by atoms with van der Waals surface area (Å²) in [5.41, 5.74) is 2.71. The van der Waals surface area contributed by atoms with Gasteiger partial charge < -0.3 is 5.32 Å². The third kappa shape index (κ3) is 5.24. The Balaban J connectivity index is 1.60. The largest absolute Gasteiger partial charge is 0.348 e. The van der Waals surface area contributed by atoms with Gasteiger partial charge in [0.25, 0.3) is 5.69 Å². The van der Waals surface area contributed by atoms with Crippen LogP contribution in [0.4, 0.5) is 5.69 Å². The smallest absolute Gasteiger partial charge is 0.276 e. The van der Waals surface area contributed by atoms with Crippen LogP contribution in [0.2, 0.25) is 0 Å². The van der Waals surface area contributed by atoms with Crippen LogP contribution in [0.5, 0.6) is 0 Å². The molecule has 0 aromatic heterocycles. The first kappa shape index (κ1) is 18.8. The maximum absolute atomic E-state index is 12.1. The predicted octanol–water partition coefficient (Wildman–Crippen LogP) is 3.52. The number of nitrogens with zero attached hydrogens (tertiary/aromatic N) is 2. The van der Waals surface area contributed by atoms with Gasteiger partial charge in [0, 0.05) is 25.2 Å². The normalized spacial score (nSPS) is 14.5. The molecule has 0 aliphatic carbocycles. The topological polar surface area (TPSA) is 75.5 Å². The molecule has 0 spiro atoms. The lowest BCUT2D eigenvalue weighted by atomic mass is 10.1. The molecule has 0 unspecified atom stereocenters. The van der Waals surface area contributed by atoms with Crippen molar-refractivity contribution in [3.8, 4) is 0 Å². The molecule has 2 aromatic carbocycles. The molecule has 140 valence electrons. The summed E-state index contributed by atoms with van der Waals surface area (Å²) in [5, 5.41) is 13.9. The van der Waals surface area contributed by atoms with Crippen LogP contribution >= 0.6 is 0 Å². The van der Waals surface area contributed by atoms with Crippen LogP contribution < -0.4 is 5.32 Å². The lowest BCUT2D eigenvalue weighted by Gasteiger charge is -2.17. The summed E-state index contributed by atoms with van der Waals surface area (Å²) >= 11 is 0. The lowest BCUT2D eigenvalue weighted by molar-refractivity contribution is -0.385. The summed E-state index contributed by atoms with van der Waals surface area (Å²) in [6.07, 6.45) is 5.31. The minimum Gasteiger partial charge on any atom is -0.348 e. The monoisotopic (exact) mass is 365 g/mol. The van der Waals surface area contributed by atoms with Gasteiger partial charge >= 0.3 is 0 Å². The first-order chi connectivity index (χ1) is 13.1. The summed E-state index contributed by atoms with van der Waals surface area (Å²) in [5.74, 6) is -0.274. The molecule has 27 heavy (non-hydrogen) atoms. The van der Waals surface area contributed by atoms with Gasteiger partial charge in [-0.3, -0.25) is 19.8 Å². The first-order valence-electron chi connectivity index (χ1n) is 9.12. The number of nitro groups is 1. The average molecular weight is 365 g/mol. The highest BCUT2D eigenvalue weighted by Gasteiger charge is 2.14. The van der Waals surface area contributed by atoms with E-state index in [9.17, 15) is 14.9 Å². The van der Waals surface area contributed by atoms with E-state index in [0.717, 1.165) is 25.2 Å². The second kappa shape index (κ2) is 9.09. The number of nitrogens with one attached hydrogen (secondary N) is 1. The number of carbonyl (C=O) groups is 1. The van der Waals surface area contributed by atoms with E-state index in [4.69, 9.17) is 0 Å². The fraction of sp³-hybridized carbons (Fsp3) is 0.286. The van der Waals surface area contributed by atoms with Crippen molar-refractivity contribution in [2.24, 2.45) is 0 Å². The number of hydrogen-bond donors (Lipinski definition) is 1. The number of amides is 1. The number of nitro benzene ring substituents is 1. The number of carbonyl (C=O) groups excluding carboxylic acids is 1. The Bertz CT molecular complexity index is 842. The van der Waals surface area contributed by atoms with Crippen molar-refractivity contribution >= 4 is 17.7 Å². The van der Waals surface area contributed by atoms with E-state index in [1.165, 1.54) is 36.6 Å². The van der Waals surface area contributed by atoms with Gasteiger partial charge in [-0.2, -0.15) is 0 Å². The third-order valence-electron chi connectivity index (χ3n) is 4.71. The van der Waals surface area contributed by atoms with Crippen LogP contribution in [-0.4, -0.2) is 28.8 Å². The molecule has 6 heteroatoms. The van der Waals surface area contributed by atoms with Crippen molar-refractivity contribution < 1.29 is 9.72 Å². The molecule has 1 N–H and O–H groups in total. The molecule has 0 atom stereocenters. The van der Waals surface area contributed by atoms with Gasteiger partial charge in [-0.15, -0.1) is 0 Å². The van der Waals surface area contributed by atoms with Crippen molar-refractivity contribution in [2.75, 3.05) is 13.1 Å². The van der Waals surface area contributed by atoms with Gasteiger partial charge in [-0.25, -0.2) is 0 Å². The highest BCUT2D eigenvalue weighted by molar-refractivity contribution is 5.92. The Morgan fingerprint density at radius 1 is 1.07 bits per heavy atom. The minimum absolute atomic E-state index is 0.0162. The molecular weight excluding hydrogens is 342 g/mol. The fourth-order valence-corrected chi connectivity index (χ4v) is 3.27. The molecular formula is C21H23N3O3. The minimum atomic E-state index is -0.452. The van der Waals surface area contributed by atoms with Gasteiger partial charge in [0.15, 0.2) is 0 Å². The van der Waals surface area contributed by atoms with Crippen LogP contribution in [0.15, 0.2) is 54.6 Å². The molecule has 6 nitrogen and oxygen atoms in total. The third-order valence-corrected chi connectivity index (χ3v) is 4.71. The zero-order valence-electron chi connectivity index (χ0n) is 15.1. The zero-order valence-corrected chi connectivity index (χ0v) is 15.1. The van der Waals surface area contributed by atoms with Crippen molar-refractivity contribution in [3.05, 3.63) is 81.4 Å². The van der Waals surface area contributed by atoms with Gasteiger partial charge in [-0.05, 0) is 49.2 Å². The van der Waals surface area contributed by atoms with Crippen molar-refractivity contribution in [3.63, 3.8) is 0 Å². The molecule has 1 amide bonds. The number of benzene rings is 2. The molecule has 2 aromatic rings. The number of rotatable bonds is 7. The second-order valence-electron chi connectivity index (χ2n) is 6.62. The summed E-state index contributed by atoms with van der Waals surface area (Å²) in [6, 6.07) is 14.5. The number of para-hydroxylation sites is 1. The van der Waals surface area contributed by atoms with E-state index in [1.54, 1.807) is 18.2 Å². The van der Waals surface area contributed by atoms with Crippen molar-refractivity contribution in [1.82, 2.24) is 10.2 Å². The zero-order chi connectivity index (χ0) is 19.1. The fourth-order valence-electron chi connectivity index (χ4n) is 3.27. The molecule has 1 aliphatic heterocycles. The molecule has 1 fully saturated rings. The van der Waals surface area contributed by atoms with Crippen LogP contribution in [0.3, 0.4) is 0 Å². The standard InChI is InChI=1S/C21H23N3O3/c25-21(12-11-17-7-3-4-10-20(17)24(26)27)22-15-18-8-1-2-9-19(18)16-23-13-5-6-14-23/h1-4,7-12H,5-6,13-16H2,(H,22,25)/b12-11+. The quantitative estimate of drug-likeness (QED) is 0.463. The van der Waals surface area contributed by atoms with E-state index in [0.29, 0.717) is 12.1 Å². The number of hydrogen-bond acceptors (Lipinski definition) is 4. The van der Waals surface area contributed by atoms with Crippen LogP contribution in [-0.2, 0) is 17.9 Å². The summed E-state index contributed by atoms with van der Waals surface area (Å²) in [6.45, 7) is 3.58. The van der Waals surface area contributed by atoms with Gasteiger partial charge in [0.05, 0.1) is 10.5 Å². The predicted molar refractivity (Wildman–Crippen MR) is 105 cm³/mol. The van der Waals surface area contributed by atoms with E-state index >= 15 is 0 Å². The molecule has 3 rings (SSSR count).